The van der Waals surface area contributed by atoms with Gasteiger partial charge in [-0.2, -0.15) is 0 Å². The summed E-state index contributed by atoms with van der Waals surface area (Å²) in [6.07, 6.45) is 3.88. The first-order valence-corrected chi connectivity index (χ1v) is 15.2. The van der Waals surface area contributed by atoms with Crippen LogP contribution in [0.2, 0.25) is 5.02 Å². The molecule has 1 fully saturated rings. The number of nitrogens with zero attached hydrogens (tertiary/aromatic N) is 2. The fourth-order valence-electron chi connectivity index (χ4n) is 5.65. The minimum atomic E-state index is -0.0341. The van der Waals surface area contributed by atoms with Crippen LogP contribution in [0.4, 0.5) is 5.69 Å². The van der Waals surface area contributed by atoms with Gasteiger partial charge in [0.2, 0.25) is 5.91 Å². The third-order valence-electron chi connectivity index (χ3n) is 8.22. The number of rotatable bonds is 8. The molecule has 0 spiro atoms. The number of methoxy groups -OCH3 is 1. The lowest BCUT2D eigenvalue weighted by Gasteiger charge is -2.37. The molecule has 1 heterocycles. The van der Waals surface area contributed by atoms with Crippen LogP contribution in [-0.4, -0.2) is 50.0 Å². The van der Waals surface area contributed by atoms with E-state index in [0.29, 0.717) is 22.5 Å². The summed E-state index contributed by atoms with van der Waals surface area (Å²) < 4.78 is 6.79. The van der Waals surface area contributed by atoms with E-state index in [2.05, 4.69) is 11.4 Å². The Kier molecular flexibility index (Phi) is 8.97. The number of carbonyl (C=O) groups is 2. The second-order valence-corrected chi connectivity index (χ2v) is 12.1. The standard InChI is InChI=1S/C33H36ClN3O3S/c1-21(38)36(3)26-14-9-22(10-15-26)23-11-18-29(40-4)24(19-23)20-37(27-16-12-25(35-2)13-17-27)33(39)32-31(34)28-7-5-6-8-30(28)41-32/h5-11,14-15,18-19,25,27,35H,12-13,16-17,20H2,1-4H3/t25-,27+. The van der Waals surface area contributed by atoms with E-state index in [0.717, 1.165) is 63.9 Å². The molecule has 0 aliphatic heterocycles. The average molecular weight is 590 g/mol. The molecule has 1 saturated carbocycles. The second-order valence-electron chi connectivity index (χ2n) is 10.6. The van der Waals surface area contributed by atoms with Gasteiger partial charge in [0.05, 0.1) is 12.1 Å². The molecule has 0 unspecified atom stereocenters. The van der Waals surface area contributed by atoms with E-state index < -0.39 is 0 Å². The molecule has 6 nitrogen and oxygen atoms in total. The SMILES string of the molecule is CN[C@H]1CC[C@@H](N(Cc2cc(-c3ccc(N(C)C(C)=O)cc3)ccc2OC)C(=O)c2sc3ccccc3c2Cl)CC1. The van der Waals surface area contributed by atoms with Crippen molar-refractivity contribution in [3.8, 4) is 16.9 Å². The van der Waals surface area contributed by atoms with Gasteiger partial charge in [-0.15, -0.1) is 11.3 Å². The Balaban J connectivity index is 1.50. The summed E-state index contributed by atoms with van der Waals surface area (Å²) in [6, 6.07) is 22.5. The van der Waals surface area contributed by atoms with Crippen LogP contribution in [0.15, 0.2) is 66.7 Å². The molecule has 41 heavy (non-hydrogen) atoms. The van der Waals surface area contributed by atoms with Gasteiger partial charge in [-0.05, 0) is 74.2 Å². The summed E-state index contributed by atoms with van der Waals surface area (Å²) in [5, 5.41) is 4.84. The Morgan fingerprint density at radius 2 is 1.68 bits per heavy atom. The van der Waals surface area contributed by atoms with E-state index in [1.54, 1.807) is 26.0 Å². The van der Waals surface area contributed by atoms with E-state index >= 15 is 0 Å². The van der Waals surface area contributed by atoms with Gasteiger partial charge in [0, 0.05) is 53.9 Å². The van der Waals surface area contributed by atoms with Crippen LogP contribution in [0.1, 0.15) is 47.8 Å². The predicted molar refractivity (Wildman–Crippen MR) is 169 cm³/mol. The van der Waals surface area contributed by atoms with Crippen LogP contribution in [0.25, 0.3) is 21.2 Å². The molecule has 1 aliphatic carbocycles. The average Bonchev–Trinajstić information content (AvgIpc) is 3.35. The number of hydrogen-bond donors (Lipinski definition) is 1. The zero-order chi connectivity index (χ0) is 29.1. The van der Waals surface area contributed by atoms with Crippen LogP contribution in [0, 0.1) is 0 Å². The minimum absolute atomic E-state index is 0.0169. The molecule has 4 aromatic rings. The summed E-state index contributed by atoms with van der Waals surface area (Å²) in [5.41, 5.74) is 3.82. The molecule has 214 valence electrons. The molecule has 1 N–H and O–H groups in total. The van der Waals surface area contributed by atoms with Crippen molar-refractivity contribution in [1.82, 2.24) is 10.2 Å². The third-order valence-corrected chi connectivity index (χ3v) is 9.88. The maximum atomic E-state index is 14.3. The molecule has 0 atom stereocenters. The first-order valence-electron chi connectivity index (χ1n) is 14.0. The number of amides is 2. The lowest BCUT2D eigenvalue weighted by Crippen LogP contribution is -2.44. The number of ether oxygens (including phenoxy) is 1. The molecule has 5 rings (SSSR count). The van der Waals surface area contributed by atoms with Crippen molar-refractivity contribution in [1.29, 1.82) is 0 Å². The minimum Gasteiger partial charge on any atom is -0.496 e. The fraction of sp³-hybridized carbons (Fsp3) is 0.333. The first-order chi connectivity index (χ1) is 19.8. The van der Waals surface area contributed by atoms with Crippen molar-refractivity contribution >= 4 is 50.5 Å². The largest absolute Gasteiger partial charge is 0.496 e. The number of benzene rings is 3. The highest BCUT2D eigenvalue weighted by Gasteiger charge is 2.32. The van der Waals surface area contributed by atoms with E-state index in [4.69, 9.17) is 16.3 Å². The van der Waals surface area contributed by atoms with Crippen molar-refractivity contribution in [3.05, 3.63) is 82.2 Å². The number of thiophene rings is 1. The second kappa shape index (κ2) is 12.6. The highest BCUT2D eigenvalue weighted by atomic mass is 35.5. The Labute approximate surface area is 250 Å². The van der Waals surface area contributed by atoms with E-state index in [-0.39, 0.29) is 17.9 Å². The highest BCUT2D eigenvalue weighted by Crippen LogP contribution is 2.38. The molecule has 2 amide bonds. The van der Waals surface area contributed by atoms with Crippen LogP contribution in [-0.2, 0) is 11.3 Å². The smallest absolute Gasteiger partial charge is 0.266 e. The van der Waals surface area contributed by atoms with E-state index in [9.17, 15) is 9.59 Å². The molecule has 1 aromatic heterocycles. The molecule has 3 aromatic carbocycles. The van der Waals surface area contributed by atoms with Crippen molar-refractivity contribution in [3.63, 3.8) is 0 Å². The maximum Gasteiger partial charge on any atom is 0.266 e. The van der Waals surface area contributed by atoms with Gasteiger partial charge in [0.25, 0.3) is 5.91 Å². The van der Waals surface area contributed by atoms with Gasteiger partial charge in [0.15, 0.2) is 0 Å². The number of anilines is 1. The number of hydrogen-bond acceptors (Lipinski definition) is 5. The van der Waals surface area contributed by atoms with Gasteiger partial charge in [0.1, 0.15) is 10.6 Å². The van der Waals surface area contributed by atoms with Crippen LogP contribution >= 0.6 is 22.9 Å². The number of halogens is 1. The molecule has 8 heteroatoms. The van der Waals surface area contributed by atoms with Gasteiger partial charge in [-0.1, -0.05) is 48.0 Å². The van der Waals surface area contributed by atoms with Crippen molar-refractivity contribution < 1.29 is 14.3 Å². The first kappa shape index (κ1) is 29.1. The Morgan fingerprint density at radius 1 is 1.00 bits per heavy atom. The van der Waals surface area contributed by atoms with Gasteiger partial charge < -0.3 is 19.9 Å². The van der Waals surface area contributed by atoms with Crippen molar-refractivity contribution in [2.45, 2.75) is 51.2 Å². The zero-order valence-electron chi connectivity index (χ0n) is 23.9. The van der Waals surface area contributed by atoms with Crippen LogP contribution in [0.5, 0.6) is 5.75 Å². The summed E-state index contributed by atoms with van der Waals surface area (Å²) in [5.74, 6) is 0.691. The van der Waals surface area contributed by atoms with Crippen molar-refractivity contribution in [2.75, 3.05) is 26.1 Å². The molecular formula is C33H36ClN3O3S. The monoisotopic (exact) mass is 589 g/mol. The van der Waals surface area contributed by atoms with Crippen LogP contribution in [0.3, 0.4) is 0 Å². The van der Waals surface area contributed by atoms with E-state index in [1.807, 2.05) is 72.6 Å². The van der Waals surface area contributed by atoms with Gasteiger partial charge in [-0.25, -0.2) is 0 Å². The third kappa shape index (κ3) is 6.13. The molecule has 0 radical (unpaired) electrons. The van der Waals surface area contributed by atoms with Gasteiger partial charge >= 0.3 is 0 Å². The lowest BCUT2D eigenvalue weighted by molar-refractivity contribution is -0.116. The number of fused-ring (bicyclic) bond motifs is 1. The zero-order valence-corrected chi connectivity index (χ0v) is 25.5. The number of nitrogens with one attached hydrogen (secondary N) is 1. The summed E-state index contributed by atoms with van der Waals surface area (Å²) in [4.78, 5) is 30.3. The highest BCUT2D eigenvalue weighted by molar-refractivity contribution is 7.21. The normalized spacial score (nSPS) is 16.9. The summed E-state index contributed by atoms with van der Waals surface area (Å²) in [7, 11) is 5.44. The maximum absolute atomic E-state index is 14.3. The van der Waals surface area contributed by atoms with Crippen LogP contribution < -0.4 is 15.0 Å². The lowest BCUT2D eigenvalue weighted by atomic mass is 9.89. The molecule has 0 saturated heterocycles. The quantitative estimate of drug-likeness (QED) is 0.233. The van der Waals surface area contributed by atoms with Crippen molar-refractivity contribution in [2.24, 2.45) is 0 Å². The Morgan fingerprint density at radius 3 is 2.32 bits per heavy atom. The summed E-state index contributed by atoms with van der Waals surface area (Å²) >= 11 is 8.27. The number of carbonyl (C=O) groups excluding carboxylic acids is 2. The van der Waals surface area contributed by atoms with E-state index in [1.165, 1.54) is 11.3 Å². The Hall–Kier alpha value is -3.39. The topological polar surface area (TPSA) is 61.9 Å². The molecule has 0 bridgehead atoms. The molecule has 1 aliphatic rings. The summed E-state index contributed by atoms with van der Waals surface area (Å²) in [6.45, 7) is 1.97. The Bertz CT molecular complexity index is 1540. The van der Waals surface area contributed by atoms with Gasteiger partial charge in [-0.3, -0.25) is 9.59 Å². The fourth-order valence-corrected chi connectivity index (χ4v) is 7.12. The predicted octanol–water partition coefficient (Wildman–Crippen LogP) is 7.39. The molecular weight excluding hydrogens is 554 g/mol.